The zero-order chi connectivity index (χ0) is 8.43. The molecule has 1 aromatic heterocycles. The first kappa shape index (κ1) is 11.5. The molecular formula is C6H9N2NaO3. The van der Waals surface area contributed by atoms with E-state index in [2.05, 4.69) is 14.7 Å². The molecule has 62 valence electrons. The van der Waals surface area contributed by atoms with E-state index in [1.165, 1.54) is 7.11 Å². The molecule has 0 saturated heterocycles. The zero-order valence-electron chi connectivity index (χ0n) is 6.20. The molecule has 0 aliphatic rings. The van der Waals surface area contributed by atoms with Gasteiger partial charge in [-0.2, -0.15) is 9.97 Å². The normalized spacial score (nSPS) is 8.83. The molecule has 1 aromatic rings. The Hall–Kier alpha value is -0.520. The van der Waals surface area contributed by atoms with Crippen molar-refractivity contribution in [3.8, 4) is 17.5 Å². The third kappa shape index (κ3) is 2.23. The summed E-state index contributed by atoms with van der Waals surface area (Å²) in [4.78, 5) is 7.13. The Labute approximate surface area is 91.7 Å². The first-order valence-electron chi connectivity index (χ1n) is 2.95. The molecule has 0 aliphatic carbocycles. The molecule has 2 N–H and O–H groups in total. The van der Waals surface area contributed by atoms with E-state index in [-0.39, 0.29) is 47.1 Å². The summed E-state index contributed by atoms with van der Waals surface area (Å²) >= 11 is 0. The van der Waals surface area contributed by atoms with Gasteiger partial charge in [-0.3, -0.25) is 0 Å². The third-order valence-electron chi connectivity index (χ3n) is 1.15. The van der Waals surface area contributed by atoms with Gasteiger partial charge in [0.15, 0.2) is 0 Å². The van der Waals surface area contributed by atoms with Crippen molar-refractivity contribution in [1.29, 1.82) is 0 Å². The molecule has 5 nitrogen and oxygen atoms in total. The molecular weight excluding hydrogens is 171 g/mol. The predicted molar refractivity (Wildman–Crippen MR) is 43.8 cm³/mol. The quantitative estimate of drug-likeness (QED) is 0.573. The van der Waals surface area contributed by atoms with Crippen LogP contribution in [0, 0.1) is 6.92 Å². The van der Waals surface area contributed by atoms with Gasteiger partial charge >= 0.3 is 29.6 Å². The van der Waals surface area contributed by atoms with Gasteiger partial charge in [0.1, 0.15) is 5.82 Å². The molecule has 0 fully saturated rings. The van der Waals surface area contributed by atoms with Crippen LogP contribution >= 0.6 is 0 Å². The van der Waals surface area contributed by atoms with Gasteiger partial charge in [0.2, 0.25) is 5.75 Å². The Morgan fingerprint density at radius 3 is 1.92 bits per heavy atom. The van der Waals surface area contributed by atoms with E-state index >= 15 is 0 Å². The van der Waals surface area contributed by atoms with Crippen LogP contribution in [-0.4, -0.2) is 56.8 Å². The van der Waals surface area contributed by atoms with Crippen molar-refractivity contribution in [2.75, 3.05) is 7.11 Å². The molecule has 1 rings (SSSR count). The maximum atomic E-state index is 9.04. The Kier molecular flexibility index (Phi) is 4.30. The van der Waals surface area contributed by atoms with Crippen LogP contribution < -0.4 is 4.74 Å². The van der Waals surface area contributed by atoms with Crippen molar-refractivity contribution >= 4 is 29.6 Å². The van der Waals surface area contributed by atoms with Crippen LogP contribution in [0.4, 0.5) is 0 Å². The fraction of sp³-hybridized carbons (Fsp3) is 0.333. The molecule has 0 atom stereocenters. The summed E-state index contributed by atoms with van der Waals surface area (Å²) < 4.78 is 4.61. The number of ether oxygens (including phenoxy) is 1. The van der Waals surface area contributed by atoms with Crippen molar-refractivity contribution < 1.29 is 14.9 Å². The Morgan fingerprint density at radius 2 is 1.58 bits per heavy atom. The molecule has 0 spiro atoms. The van der Waals surface area contributed by atoms with Crippen LogP contribution in [0.2, 0.25) is 0 Å². The minimum absolute atomic E-state index is 0. The third-order valence-corrected chi connectivity index (χ3v) is 1.15. The first-order chi connectivity index (χ1) is 5.15. The summed E-state index contributed by atoms with van der Waals surface area (Å²) in [6, 6.07) is 0. The number of aromatic hydroxyl groups is 2. The number of aromatic nitrogens is 2. The van der Waals surface area contributed by atoms with Crippen LogP contribution in [0.25, 0.3) is 0 Å². The molecule has 6 heteroatoms. The molecule has 0 aromatic carbocycles. The number of methoxy groups -OCH3 is 1. The number of hydrogen-bond acceptors (Lipinski definition) is 5. The monoisotopic (exact) mass is 180 g/mol. The number of aryl methyl sites for hydroxylation is 1. The van der Waals surface area contributed by atoms with Crippen LogP contribution in [0.5, 0.6) is 17.5 Å². The average molecular weight is 180 g/mol. The van der Waals surface area contributed by atoms with Gasteiger partial charge in [-0.15, -0.1) is 0 Å². The van der Waals surface area contributed by atoms with Crippen molar-refractivity contribution in [1.82, 2.24) is 9.97 Å². The molecule has 0 aliphatic heterocycles. The zero-order valence-corrected chi connectivity index (χ0v) is 6.20. The van der Waals surface area contributed by atoms with Crippen LogP contribution in [0.15, 0.2) is 0 Å². The van der Waals surface area contributed by atoms with Crippen molar-refractivity contribution in [3.63, 3.8) is 0 Å². The van der Waals surface area contributed by atoms with Crippen LogP contribution in [0.3, 0.4) is 0 Å². The Balaban J connectivity index is 0.00000121. The van der Waals surface area contributed by atoms with E-state index in [0.29, 0.717) is 5.82 Å². The SMILES string of the molecule is COc1c(O)nc(C)nc1O.[NaH]. The molecule has 0 bridgehead atoms. The molecule has 0 radical (unpaired) electrons. The van der Waals surface area contributed by atoms with Crippen LogP contribution in [-0.2, 0) is 0 Å². The van der Waals surface area contributed by atoms with Crippen molar-refractivity contribution in [2.45, 2.75) is 6.92 Å². The summed E-state index contributed by atoms with van der Waals surface area (Å²) in [5, 5.41) is 18.1. The summed E-state index contributed by atoms with van der Waals surface area (Å²) in [6.45, 7) is 1.55. The van der Waals surface area contributed by atoms with Gasteiger partial charge in [0, 0.05) is 0 Å². The summed E-state index contributed by atoms with van der Waals surface area (Å²) in [5.41, 5.74) is 0. The second-order valence-electron chi connectivity index (χ2n) is 1.95. The molecule has 0 saturated carbocycles. The van der Waals surface area contributed by atoms with E-state index in [0.717, 1.165) is 0 Å². The molecule has 0 amide bonds. The Bertz CT molecular complexity index is 256. The second kappa shape index (κ2) is 4.49. The van der Waals surface area contributed by atoms with E-state index in [1.807, 2.05) is 0 Å². The first-order valence-corrected chi connectivity index (χ1v) is 2.95. The maximum absolute atomic E-state index is 9.04. The summed E-state index contributed by atoms with van der Waals surface area (Å²) in [6.07, 6.45) is 0. The average Bonchev–Trinajstić information content (AvgIpc) is 1.85. The van der Waals surface area contributed by atoms with Crippen LogP contribution in [0.1, 0.15) is 5.82 Å². The molecule has 12 heavy (non-hydrogen) atoms. The van der Waals surface area contributed by atoms with Gasteiger partial charge in [-0.25, -0.2) is 0 Å². The minimum atomic E-state index is -0.350. The second-order valence-corrected chi connectivity index (χ2v) is 1.95. The standard InChI is InChI=1S/C6H8N2O3.Na.H/c1-3-7-5(9)4(11-2)6(10)8-3;;/h1-2H3,(H2,7,8,9,10);;. The van der Waals surface area contributed by atoms with E-state index in [1.54, 1.807) is 6.92 Å². The van der Waals surface area contributed by atoms with Crippen molar-refractivity contribution in [2.24, 2.45) is 0 Å². The van der Waals surface area contributed by atoms with Gasteiger partial charge < -0.3 is 14.9 Å². The topological polar surface area (TPSA) is 75.5 Å². The fourth-order valence-electron chi connectivity index (χ4n) is 0.716. The number of nitrogens with zero attached hydrogens (tertiary/aromatic N) is 2. The van der Waals surface area contributed by atoms with E-state index < -0.39 is 0 Å². The van der Waals surface area contributed by atoms with E-state index in [4.69, 9.17) is 10.2 Å². The predicted octanol–water partition coefficient (Wildman–Crippen LogP) is -0.444. The van der Waals surface area contributed by atoms with Gasteiger partial charge in [0.25, 0.3) is 11.8 Å². The molecule has 1 heterocycles. The number of hydrogen-bond donors (Lipinski definition) is 2. The number of rotatable bonds is 1. The Morgan fingerprint density at radius 1 is 1.17 bits per heavy atom. The summed E-state index contributed by atoms with van der Waals surface area (Å²) in [5.74, 6) is -0.508. The van der Waals surface area contributed by atoms with Gasteiger partial charge in [-0.1, -0.05) is 0 Å². The fourth-order valence-corrected chi connectivity index (χ4v) is 0.716. The van der Waals surface area contributed by atoms with Crippen molar-refractivity contribution in [3.05, 3.63) is 5.82 Å². The van der Waals surface area contributed by atoms with Gasteiger partial charge in [-0.05, 0) is 6.92 Å². The summed E-state index contributed by atoms with van der Waals surface area (Å²) in [7, 11) is 1.31. The molecule has 0 unspecified atom stereocenters. The van der Waals surface area contributed by atoms with E-state index in [9.17, 15) is 0 Å². The van der Waals surface area contributed by atoms with Gasteiger partial charge in [0.05, 0.1) is 7.11 Å².